The number of nitrogens with one attached hydrogen (secondary N) is 1. The summed E-state index contributed by atoms with van der Waals surface area (Å²) in [6, 6.07) is 9.64. The van der Waals surface area contributed by atoms with Crippen LogP contribution in [0.4, 0.5) is 5.82 Å². The predicted octanol–water partition coefficient (Wildman–Crippen LogP) is 2.21. The third-order valence-corrected chi connectivity index (χ3v) is 7.67. The lowest BCUT2D eigenvalue weighted by molar-refractivity contribution is -0.115. The molecule has 1 amide bonds. The number of rotatable bonds is 3. The Morgan fingerprint density at radius 2 is 2.16 bits per heavy atom. The standard InChI is InChI=1S/C17H19N3O3S2/c1-11-8-16(20(19-11)13-6-7-25(22,23)10-13)18-17(21)15-9-12-4-2-3-5-14(12)24-15/h2-5,8,13,15H,6-7,9-10H2,1H3,(H,18,21). The van der Waals surface area contributed by atoms with Gasteiger partial charge >= 0.3 is 0 Å². The largest absolute Gasteiger partial charge is 0.310 e. The predicted molar refractivity (Wildman–Crippen MR) is 97.7 cm³/mol. The maximum absolute atomic E-state index is 12.7. The Morgan fingerprint density at radius 3 is 2.88 bits per heavy atom. The van der Waals surface area contributed by atoms with Crippen LogP contribution in [0.2, 0.25) is 0 Å². The molecule has 4 rings (SSSR count). The molecule has 2 aromatic rings. The summed E-state index contributed by atoms with van der Waals surface area (Å²) < 4.78 is 25.2. The van der Waals surface area contributed by atoms with Crippen LogP contribution in [0.5, 0.6) is 0 Å². The number of benzene rings is 1. The zero-order valence-electron chi connectivity index (χ0n) is 13.8. The summed E-state index contributed by atoms with van der Waals surface area (Å²) in [6.45, 7) is 1.84. The number of aryl methyl sites for hydroxylation is 1. The summed E-state index contributed by atoms with van der Waals surface area (Å²) in [6.07, 6.45) is 1.24. The molecule has 2 aliphatic heterocycles. The minimum absolute atomic E-state index is 0.0665. The highest BCUT2D eigenvalue weighted by atomic mass is 32.2. The summed E-state index contributed by atoms with van der Waals surface area (Å²) in [5.74, 6) is 0.780. The van der Waals surface area contributed by atoms with Gasteiger partial charge in [0.25, 0.3) is 0 Å². The van der Waals surface area contributed by atoms with Gasteiger partial charge in [-0.1, -0.05) is 18.2 Å². The van der Waals surface area contributed by atoms with Gasteiger partial charge in [0.1, 0.15) is 5.82 Å². The second kappa shape index (κ2) is 6.17. The van der Waals surface area contributed by atoms with Crippen molar-refractivity contribution in [3.05, 3.63) is 41.6 Å². The topological polar surface area (TPSA) is 81.1 Å². The monoisotopic (exact) mass is 377 g/mol. The molecule has 1 N–H and O–H groups in total. The van der Waals surface area contributed by atoms with Crippen LogP contribution < -0.4 is 5.32 Å². The highest BCUT2D eigenvalue weighted by Gasteiger charge is 2.33. The molecule has 132 valence electrons. The molecule has 2 unspecified atom stereocenters. The first-order valence-electron chi connectivity index (χ1n) is 8.23. The molecule has 1 aromatic heterocycles. The number of anilines is 1. The Hall–Kier alpha value is -1.80. The first-order chi connectivity index (χ1) is 11.9. The first-order valence-corrected chi connectivity index (χ1v) is 10.9. The lowest BCUT2D eigenvalue weighted by Crippen LogP contribution is -2.27. The van der Waals surface area contributed by atoms with Crippen molar-refractivity contribution in [3.8, 4) is 0 Å². The molecule has 1 aromatic carbocycles. The number of hydrogen-bond donors (Lipinski definition) is 1. The maximum Gasteiger partial charge on any atom is 0.239 e. The molecule has 0 radical (unpaired) electrons. The van der Waals surface area contributed by atoms with Gasteiger partial charge in [0.15, 0.2) is 9.84 Å². The summed E-state index contributed by atoms with van der Waals surface area (Å²) in [7, 11) is -3.01. The van der Waals surface area contributed by atoms with Crippen molar-refractivity contribution < 1.29 is 13.2 Å². The summed E-state index contributed by atoms with van der Waals surface area (Å²) >= 11 is 1.57. The van der Waals surface area contributed by atoms with E-state index in [-0.39, 0.29) is 28.7 Å². The molecule has 2 aliphatic rings. The van der Waals surface area contributed by atoms with Crippen molar-refractivity contribution in [2.45, 2.75) is 36.0 Å². The quantitative estimate of drug-likeness (QED) is 0.887. The van der Waals surface area contributed by atoms with Crippen LogP contribution in [0.15, 0.2) is 35.2 Å². The molecular weight excluding hydrogens is 358 g/mol. The van der Waals surface area contributed by atoms with Crippen LogP contribution >= 0.6 is 11.8 Å². The normalized spacial score (nSPS) is 24.2. The highest BCUT2D eigenvalue weighted by Crippen LogP contribution is 2.37. The van der Waals surface area contributed by atoms with Gasteiger partial charge in [-0.3, -0.25) is 4.79 Å². The smallest absolute Gasteiger partial charge is 0.239 e. The molecule has 8 heteroatoms. The van der Waals surface area contributed by atoms with Crippen LogP contribution in [0.3, 0.4) is 0 Å². The van der Waals surface area contributed by atoms with Crippen molar-refractivity contribution in [1.29, 1.82) is 0 Å². The van der Waals surface area contributed by atoms with Crippen LogP contribution in [0.1, 0.15) is 23.7 Å². The molecule has 0 aliphatic carbocycles. The fourth-order valence-electron chi connectivity index (χ4n) is 3.39. The van der Waals surface area contributed by atoms with E-state index in [9.17, 15) is 13.2 Å². The number of thioether (sulfide) groups is 1. The minimum atomic E-state index is -3.01. The van der Waals surface area contributed by atoms with E-state index in [0.717, 1.165) is 10.6 Å². The number of hydrogen-bond acceptors (Lipinski definition) is 5. The maximum atomic E-state index is 12.7. The van der Waals surface area contributed by atoms with Crippen LogP contribution in [-0.2, 0) is 21.1 Å². The number of nitrogens with zero attached hydrogens (tertiary/aromatic N) is 2. The van der Waals surface area contributed by atoms with Gasteiger partial charge in [-0.2, -0.15) is 5.10 Å². The van der Waals surface area contributed by atoms with E-state index < -0.39 is 9.84 Å². The molecule has 3 heterocycles. The van der Waals surface area contributed by atoms with Gasteiger partial charge in [-0.15, -0.1) is 11.8 Å². The first kappa shape index (κ1) is 16.7. The van der Waals surface area contributed by atoms with Crippen LogP contribution in [0, 0.1) is 6.92 Å². The molecule has 1 fully saturated rings. The molecule has 6 nitrogen and oxygen atoms in total. The second-order valence-electron chi connectivity index (χ2n) is 6.58. The van der Waals surface area contributed by atoms with Crippen LogP contribution in [0.25, 0.3) is 0 Å². The number of carbonyl (C=O) groups is 1. The Bertz CT molecular complexity index is 911. The Morgan fingerprint density at radius 1 is 1.36 bits per heavy atom. The number of fused-ring (bicyclic) bond motifs is 1. The van der Waals surface area contributed by atoms with E-state index in [1.165, 1.54) is 5.56 Å². The average molecular weight is 377 g/mol. The van der Waals surface area contributed by atoms with Gasteiger partial charge < -0.3 is 5.32 Å². The molecular formula is C17H19N3O3S2. The van der Waals surface area contributed by atoms with E-state index in [1.807, 2.05) is 31.2 Å². The summed E-state index contributed by atoms with van der Waals surface area (Å²) in [4.78, 5) is 13.8. The Labute approximate surface area is 150 Å². The fraction of sp³-hybridized carbons (Fsp3) is 0.412. The number of carbonyl (C=O) groups excluding carboxylic acids is 1. The third kappa shape index (κ3) is 3.32. The van der Waals surface area contributed by atoms with Gasteiger partial charge in [0.2, 0.25) is 5.91 Å². The van der Waals surface area contributed by atoms with Gasteiger partial charge in [0, 0.05) is 11.0 Å². The summed E-state index contributed by atoms with van der Waals surface area (Å²) in [5, 5.41) is 7.19. The van der Waals surface area contributed by atoms with Crippen molar-refractivity contribution in [3.63, 3.8) is 0 Å². The molecule has 0 bridgehead atoms. The average Bonchev–Trinajstić information content (AvgIpc) is 3.23. The van der Waals surface area contributed by atoms with Crippen molar-refractivity contribution >= 4 is 33.3 Å². The number of sulfone groups is 1. The van der Waals surface area contributed by atoms with Crippen LogP contribution in [-0.4, -0.2) is 40.9 Å². The van der Waals surface area contributed by atoms with Gasteiger partial charge in [-0.05, 0) is 31.4 Å². The third-order valence-electron chi connectivity index (χ3n) is 4.60. The number of amides is 1. The van der Waals surface area contributed by atoms with Crippen molar-refractivity contribution in [2.24, 2.45) is 0 Å². The Kier molecular flexibility index (Phi) is 4.11. The van der Waals surface area contributed by atoms with E-state index in [2.05, 4.69) is 10.4 Å². The van der Waals surface area contributed by atoms with Gasteiger partial charge in [0.05, 0.1) is 28.5 Å². The fourth-order valence-corrected chi connectivity index (χ4v) is 6.28. The zero-order valence-corrected chi connectivity index (χ0v) is 15.4. The molecule has 0 spiro atoms. The lowest BCUT2D eigenvalue weighted by Gasteiger charge is -2.15. The Balaban J connectivity index is 1.51. The molecule has 0 saturated carbocycles. The summed E-state index contributed by atoms with van der Waals surface area (Å²) in [5.41, 5.74) is 1.96. The number of aromatic nitrogens is 2. The van der Waals surface area contributed by atoms with Gasteiger partial charge in [-0.25, -0.2) is 13.1 Å². The zero-order chi connectivity index (χ0) is 17.6. The lowest BCUT2D eigenvalue weighted by atomic mass is 10.1. The minimum Gasteiger partial charge on any atom is -0.310 e. The molecule has 2 atom stereocenters. The SMILES string of the molecule is Cc1cc(NC(=O)C2Cc3ccccc3S2)n(C2CCS(=O)(=O)C2)n1. The second-order valence-corrected chi connectivity index (χ2v) is 10.1. The van der Waals surface area contributed by atoms with Crippen molar-refractivity contribution in [2.75, 3.05) is 16.8 Å². The highest BCUT2D eigenvalue weighted by molar-refractivity contribution is 8.01. The van der Waals surface area contributed by atoms with E-state index >= 15 is 0 Å². The van der Waals surface area contributed by atoms with E-state index in [4.69, 9.17) is 0 Å². The van der Waals surface area contributed by atoms with E-state index in [1.54, 1.807) is 22.5 Å². The van der Waals surface area contributed by atoms with Crippen molar-refractivity contribution in [1.82, 2.24) is 9.78 Å². The van der Waals surface area contributed by atoms with E-state index in [0.29, 0.717) is 18.7 Å². The molecule has 1 saturated heterocycles. The molecule has 25 heavy (non-hydrogen) atoms.